The number of hydrogen-bond acceptors (Lipinski definition) is 5. The van der Waals surface area contributed by atoms with Crippen molar-refractivity contribution in [2.24, 2.45) is 10.7 Å². The first kappa shape index (κ1) is 21.2. The number of nitrogens with zero attached hydrogens (tertiary/aromatic N) is 1. The van der Waals surface area contributed by atoms with Crippen molar-refractivity contribution >= 4 is 23.3 Å². The predicted octanol–water partition coefficient (Wildman–Crippen LogP) is 3.29. The molecule has 28 heavy (non-hydrogen) atoms. The Morgan fingerprint density at radius 1 is 1.18 bits per heavy atom. The maximum Gasteiger partial charge on any atom is 0.288 e. The molecule has 0 amide bonds. The maximum atomic E-state index is 14.4. The van der Waals surface area contributed by atoms with Gasteiger partial charge in [0.2, 0.25) is 5.90 Å². The van der Waals surface area contributed by atoms with Gasteiger partial charge < -0.3 is 21.1 Å². The van der Waals surface area contributed by atoms with Crippen molar-refractivity contribution in [1.82, 2.24) is 5.32 Å². The average molecular weight is 393 g/mol. The molecule has 0 heterocycles. The van der Waals surface area contributed by atoms with E-state index in [1.54, 1.807) is 13.1 Å². The third kappa shape index (κ3) is 5.23. The fourth-order valence-corrected chi connectivity index (χ4v) is 2.35. The summed E-state index contributed by atoms with van der Waals surface area (Å²) in [4.78, 5) is 3.89. The quantitative estimate of drug-likeness (QED) is 0.330. The number of halogens is 3. The molecule has 0 saturated heterocycles. The molecular weight excluding hydrogens is 371 g/mol. The minimum Gasteiger partial charge on any atom is -0.407 e. The van der Waals surface area contributed by atoms with Crippen LogP contribution in [0.4, 0.5) is 24.5 Å². The van der Waals surface area contributed by atoms with E-state index in [2.05, 4.69) is 15.6 Å². The molecule has 0 aromatic heterocycles. The van der Waals surface area contributed by atoms with Gasteiger partial charge in [-0.25, -0.2) is 18.2 Å². The molecule has 150 valence electrons. The van der Waals surface area contributed by atoms with E-state index in [1.165, 1.54) is 12.1 Å². The van der Waals surface area contributed by atoms with Gasteiger partial charge in [0, 0.05) is 6.54 Å². The number of rotatable bonds is 7. The van der Waals surface area contributed by atoms with Gasteiger partial charge in [-0.3, -0.25) is 5.41 Å². The highest BCUT2D eigenvalue weighted by Crippen LogP contribution is 2.28. The van der Waals surface area contributed by atoms with Crippen molar-refractivity contribution in [2.75, 3.05) is 25.5 Å². The number of benzene rings is 2. The summed E-state index contributed by atoms with van der Waals surface area (Å²) in [5, 5.41) is 13.4. The molecule has 2 aromatic rings. The highest BCUT2D eigenvalue weighted by atomic mass is 19.2. The zero-order chi connectivity index (χ0) is 20.7. The van der Waals surface area contributed by atoms with Crippen LogP contribution in [0.15, 0.2) is 35.3 Å². The van der Waals surface area contributed by atoms with Gasteiger partial charge >= 0.3 is 0 Å². The van der Waals surface area contributed by atoms with Crippen LogP contribution >= 0.6 is 0 Å². The van der Waals surface area contributed by atoms with Gasteiger partial charge in [-0.15, -0.1) is 0 Å². The summed E-state index contributed by atoms with van der Waals surface area (Å²) in [6.07, 6.45) is 0.626. The molecule has 2 rings (SSSR count). The summed E-state index contributed by atoms with van der Waals surface area (Å²) >= 11 is 0. The Hall–Kier alpha value is -3.07. The van der Waals surface area contributed by atoms with Crippen molar-refractivity contribution < 1.29 is 17.9 Å². The Balaban J connectivity index is 2.33. The number of nitrogens with two attached hydrogens (primary N) is 1. The lowest BCUT2D eigenvalue weighted by Gasteiger charge is -2.15. The first-order valence-corrected chi connectivity index (χ1v) is 8.62. The Labute approximate surface area is 161 Å². The first-order chi connectivity index (χ1) is 13.4. The van der Waals surface area contributed by atoms with E-state index in [0.29, 0.717) is 19.5 Å². The van der Waals surface area contributed by atoms with E-state index in [1.807, 2.05) is 6.92 Å². The Morgan fingerprint density at radius 2 is 1.93 bits per heavy atom. The SMILES string of the molecule is CCc1ccc(Nc2c(C(=N)OC(N)=NCCNC)ccc(F)c2F)c(F)c1. The fourth-order valence-electron chi connectivity index (χ4n) is 2.35. The molecular formula is C19H22F3N5O. The third-order valence-corrected chi connectivity index (χ3v) is 3.88. The van der Waals surface area contributed by atoms with Crippen LogP contribution < -0.4 is 16.4 Å². The number of aryl methyl sites for hydroxylation is 1. The van der Waals surface area contributed by atoms with Crippen LogP contribution in [0.2, 0.25) is 0 Å². The Kier molecular flexibility index (Phi) is 7.39. The van der Waals surface area contributed by atoms with Crippen LogP contribution in [0.1, 0.15) is 18.1 Å². The number of nitrogens with one attached hydrogen (secondary N) is 3. The minimum absolute atomic E-state index is 0.0635. The van der Waals surface area contributed by atoms with Gasteiger partial charge in [-0.2, -0.15) is 0 Å². The number of ether oxygens (including phenoxy) is 1. The van der Waals surface area contributed by atoms with Crippen molar-refractivity contribution in [1.29, 1.82) is 5.41 Å². The van der Waals surface area contributed by atoms with Crippen LogP contribution in [0.25, 0.3) is 0 Å². The molecule has 0 atom stereocenters. The van der Waals surface area contributed by atoms with Crippen molar-refractivity contribution in [2.45, 2.75) is 13.3 Å². The minimum atomic E-state index is -1.27. The maximum absolute atomic E-state index is 14.4. The normalized spacial score (nSPS) is 11.4. The number of amidine groups is 1. The highest BCUT2D eigenvalue weighted by Gasteiger charge is 2.20. The molecule has 0 saturated carbocycles. The third-order valence-electron chi connectivity index (χ3n) is 3.88. The smallest absolute Gasteiger partial charge is 0.288 e. The lowest BCUT2D eigenvalue weighted by molar-refractivity contribution is 0.507. The van der Waals surface area contributed by atoms with Crippen molar-refractivity contribution in [3.05, 3.63) is 58.9 Å². The van der Waals surface area contributed by atoms with Crippen LogP contribution in [0.3, 0.4) is 0 Å². The molecule has 0 unspecified atom stereocenters. The van der Waals surface area contributed by atoms with Gasteiger partial charge in [0.1, 0.15) is 5.82 Å². The van der Waals surface area contributed by atoms with Gasteiger partial charge in [0.05, 0.1) is 23.5 Å². The van der Waals surface area contributed by atoms with E-state index in [-0.39, 0.29) is 17.3 Å². The van der Waals surface area contributed by atoms with E-state index in [0.717, 1.165) is 17.7 Å². The van der Waals surface area contributed by atoms with Crippen LogP contribution in [0, 0.1) is 22.9 Å². The van der Waals surface area contributed by atoms with Crippen LogP contribution in [0.5, 0.6) is 0 Å². The van der Waals surface area contributed by atoms with E-state index >= 15 is 0 Å². The number of anilines is 2. The summed E-state index contributed by atoms with van der Waals surface area (Å²) in [7, 11) is 1.74. The largest absolute Gasteiger partial charge is 0.407 e. The second-order valence-electron chi connectivity index (χ2n) is 5.83. The summed E-state index contributed by atoms with van der Waals surface area (Å²) in [6, 6.07) is 6.07. The zero-order valence-electron chi connectivity index (χ0n) is 15.6. The van der Waals surface area contributed by atoms with E-state index in [9.17, 15) is 13.2 Å². The van der Waals surface area contributed by atoms with E-state index < -0.39 is 29.0 Å². The molecule has 0 fully saturated rings. The monoisotopic (exact) mass is 393 g/mol. The van der Waals surface area contributed by atoms with Crippen molar-refractivity contribution in [3.63, 3.8) is 0 Å². The topological polar surface area (TPSA) is 95.5 Å². The van der Waals surface area contributed by atoms with Gasteiger partial charge in [0.15, 0.2) is 11.6 Å². The first-order valence-electron chi connectivity index (χ1n) is 8.62. The summed E-state index contributed by atoms with van der Waals surface area (Å²) < 4.78 is 47.5. The van der Waals surface area contributed by atoms with Gasteiger partial charge in [-0.05, 0) is 43.3 Å². The summed E-state index contributed by atoms with van der Waals surface area (Å²) in [6.45, 7) is 2.73. The second kappa shape index (κ2) is 9.75. The molecule has 0 aliphatic heterocycles. The highest BCUT2D eigenvalue weighted by molar-refractivity contribution is 6.03. The second-order valence-corrected chi connectivity index (χ2v) is 5.83. The lowest BCUT2D eigenvalue weighted by Crippen LogP contribution is -2.23. The van der Waals surface area contributed by atoms with Crippen LogP contribution in [-0.4, -0.2) is 32.1 Å². The zero-order valence-corrected chi connectivity index (χ0v) is 15.6. The summed E-state index contributed by atoms with van der Waals surface area (Å²) in [5.74, 6) is -3.61. The lowest BCUT2D eigenvalue weighted by atomic mass is 10.1. The molecule has 0 spiro atoms. The Bertz CT molecular complexity index is 886. The molecule has 0 bridgehead atoms. The van der Waals surface area contributed by atoms with Crippen molar-refractivity contribution in [3.8, 4) is 0 Å². The van der Waals surface area contributed by atoms with Gasteiger partial charge in [-0.1, -0.05) is 13.0 Å². The number of aliphatic imine (C=N–C) groups is 1. The predicted molar refractivity (Wildman–Crippen MR) is 104 cm³/mol. The molecule has 9 heteroatoms. The van der Waals surface area contributed by atoms with E-state index in [4.69, 9.17) is 15.9 Å². The standard InChI is InChI=1S/C19H22F3N5O/c1-3-11-4-7-15(14(21)10-11)27-17-12(5-6-13(20)16(17)22)18(23)28-19(24)26-9-8-25-2/h4-7,10,23,25,27H,3,8-9H2,1-2H3,(H2,24,26). The molecule has 0 aliphatic rings. The molecule has 5 N–H and O–H groups in total. The van der Waals surface area contributed by atoms with Gasteiger partial charge in [0.25, 0.3) is 6.02 Å². The average Bonchev–Trinajstić information content (AvgIpc) is 2.66. The summed E-state index contributed by atoms with van der Waals surface area (Å²) in [5.41, 5.74) is 5.71. The number of likely N-dealkylation sites (N-methyl/N-ethyl adjacent to an activating group) is 1. The molecule has 0 radical (unpaired) electrons. The fraction of sp³-hybridized carbons (Fsp3) is 0.263. The van der Waals surface area contributed by atoms with Crippen LogP contribution in [-0.2, 0) is 11.2 Å². The molecule has 2 aromatic carbocycles. The Morgan fingerprint density at radius 3 is 2.57 bits per heavy atom. The molecule has 6 nitrogen and oxygen atoms in total. The molecule has 0 aliphatic carbocycles. The number of hydrogen-bond donors (Lipinski definition) is 4.